The average Bonchev–Trinajstić information content (AvgIpc) is 3.17. The Kier molecular flexibility index (Phi) is 5.71. The molecule has 1 atom stereocenters. The van der Waals surface area contributed by atoms with Crippen LogP contribution in [0, 0.1) is 5.41 Å². The fraction of sp³-hybridized carbons (Fsp3) is 0.895. The standard InChI is InChI=1S/C19H33NO5/c1-7-23-15(21)19(11-12-19)10-8-9-14-13-24-18(5,6)20(14)16(22)25-17(2,3)4/h14H,7-13H2,1-6H3. The Labute approximate surface area is 151 Å². The van der Waals surface area contributed by atoms with Crippen LogP contribution in [0.4, 0.5) is 4.79 Å². The Morgan fingerprint density at radius 2 is 1.88 bits per heavy atom. The van der Waals surface area contributed by atoms with Crippen molar-refractivity contribution < 1.29 is 23.8 Å². The van der Waals surface area contributed by atoms with Crippen LogP contribution in [0.5, 0.6) is 0 Å². The summed E-state index contributed by atoms with van der Waals surface area (Å²) in [6, 6.07) is -0.0251. The number of ether oxygens (including phenoxy) is 3. The van der Waals surface area contributed by atoms with Crippen LogP contribution in [0.15, 0.2) is 0 Å². The van der Waals surface area contributed by atoms with Crippen molar-refractivity contribution in [3.05, 3.63) is 0 Å². The van der Waals surface area contributed by atoms with Crippen molar-refractivity contribution >= 4 is 12.1 Å². The molecule has 2 aliphatic rings. The van der Waals surface area contributed by atoms with Crippen molar-refractivity contribution in [2.45, 2.75) is 91.0 Å². The van der Waals surface area contributed by atoms with Gasteiger partial charge in [0.15, 0.2) is 0 Å². The van der Waals surface area contributed by atoms with Gasteiger partial charge in [-0.05, 0) is 67.2 Å². The fourth-order valence-electron chi connectivity index (χ4n) is 3.44. The summed E-state index contributed by atoms with van der Waals surface area (Å²) < 4.78 is 16.6. The minimum atomic E-state index is -0.675. The molecule has 1 amide bonds. The smallest absolute Gasteiger partial charge is 0.412 e. The zero-order valence-electron chi connectivity index (χ0n) is 16.5. The molecule has 6 heteroatoms. The first-order valence-corrected chi connectivity index (χ1v) is 9.34. The van der Waals surface area contributed by atoms with E-state index in [4.69, 9.17) is 14.2 Å². The Morgan fingerprint density at radius 1 is 1.24 bits per heavy atom. The summed E-state index contributed by atoms with van der Waals surface area (Å²) in [5.41, 5.74) is -1.49. The molecule has 0 aromatic rings. The van der Waals surface area contributed by atoms with Crippen molar-refractivity contribution in [2.24, 2.45) is 5.41 Å². The number of amides is 1. The predicted octanol–water partition coefficient (Wildman–Crippen LogP) is 3.87. The number of esters is 1. The fourth-order valence-corrected chi connectivity index (χ4v) is 3.44. The molecule has 1 saturated carbocycles. The SMILES string of the molecule is CCOC(=O)C1(CCCC2COC(C)(C)N2C(=O)OC(C)(C)C)CC1. The molecule has 2 fully saturated rings. The molecule has 25 heavy (non-hydrogen) atoms. The van der Waals surface area contributed by atoms with Crippen molar-refractivity contribution in [3.63, 3.8) is 0 Å². The lowest BCUT2D eigenvalue weighted by Crippen LogP contribution is -2.49. The van der Waals surface area contributed by atoms with E-state index in [1.54, 1.807) is 4.90 Å². The molecule has 0 radical (unpaired) electrons. The molecule has 0 N–H and O–H groups in total. The van der Waals surface area contributed by atoms with Gasteiger partial charge in [-0.1, -0.05) is 6.42 Å². The van der Waals surface area contributed by atoms with Crippen molar-refractivity contribution in [1.29, 1.82) is 0 Å². The van der Waals surface area contributed by atoms with Crippen LogP contribution in [0.3, 0.4) is 0 Å². The maximum absolute atomic E-state index is 12.6. The highest BCUT2D eigenvalue weighted by atomic mass is 16.6. The second-order valence-electron chi connectivity index (χ2n) is 8.65. The molecular formula is C19H33NO5. The lowest BCUT2D eigenvalue weighted by Gasteiger charge is -2.35. The maximum atomic E-state index is 12.6. The van der Waals surface area contributed by atoms with Crippen LogP contribution < -0.4 is 0 Å². The molecule has 1 unspecified atom stereocenters. The van der Waals surface area contributed by atoms with Gasteiger partial charge in [-0.3, -0.25) is 9.69 Å². The second kappa shape index (κ2) is 7.14. The highest BCUT2D eigenvalue weighted by Crippen LogP contribution is 2.51. The first kappa shape index (κ1) is 20.0. The number of carbonyl (C=O) groups excluding carboxylic acids is 2. The first-order chi connectivity index (χ1) is 11.5. The molecule has 6 nitrogen and oxygen atoms in total. The molecule has 1 heterocycles. The summed E-state index contributed by atoms with van der Waals surface area (Å²) in [5, 5.41) is 0. The summed E-state index contributed by atoms with van der Waals surface area (Å²) in [6.07, 6.45) is 3.95. The predicted molar refractivity (Wildman–Crippen MR) is 94.0 cm³/mol. The second-order valence-corrected chi connectivity index (χ2v) is 8.65. The number of nitrogens with zero attached hydrogens (tertiary/aromatic N) is 1. The maximum Gasteiger partial charge on any atom is 0.412 e. The average molecular weight is 355 g/mol. The minimum Gasteiger partial charge on any atom is -0.466 e. The highest BCUT2D eigenvalue weighted by Gasteiger charge is 2.51. The number of hydrogen-bond acceptors (Lipinski definition) is 5. The summed E-state index contributed by atoms with van der Waals surface area (Å²) in [4.78, 5) is 26.4. The summed E-state index contributed by atoms with van der Waals surface area (Å²) in [6.45, 7) is 12.1. The van der Waals surface area contributed by atoms with Crippen LogP contribution >= 0.6 is 0 Å². The zero-order chi connectivity index (χ0) is 18.9. The summed E-state index contributed by atoms with van der Waals surface area (Å²) >= 11 is 0. The first-order valence-electron chi connectivity index (χ1n) is 9.34. The van der Waals surface area contributed by atoms with E-state index < -0.39 is 11.3 Å². The lowest BCUT2D eigenvalue weighted by atomic mass is 9.97. The molecule has 0 aromatic heterocycles. The van der Waals surface area contributed by atoms with Crippen molar-refractivity contribution in [2.75, 3.05) is 13.2 Å². The Bertz CT molecular complexity index is 504. The topological polar surface area (TPSA) is 65.1 Å². The van der Waals surface area contributed by atoms with Gasteiger partial charge in [0, 0.05) is 0 Å². The molecule has 2 rings (SSSR count). The van der Waals surface area contributed by atoms with E-state index in [0.29, 0.717) is 13.2 Å². The molecule has 0 bridgehead atoms. The van der Waals surface area contributed by atoms with Crippen LogP contribution in [0.1, 0.15) is 73.6 Å². The van der Waals surface area contributed by atoms with E-state index >= 15 is 0 Å². The largest absolute Gasteiger partial charge is 0.466 e. The summed E-state index contributed by atoms with van der Waals surface area (Å²) in [5.74, 6) is -0.0676. The monoisotopic (exact) mass is 355 g/mol. The van der Waals surface area contributed by atoms with Crippen LogP contribution in [0.2, 0.25) is 0 Å². The zero-order valence-corrected chi connectivity index (χ0v) is 16.5. The third kappa shape index (κ3) is 4.87. The number of hydrogen-bond donors (Lipinski definition) is 0. The van der Waals surface area contributed by atoms with Gasteiger partial charge in [0.05, 0.1) is 24.7 Å². The Morgan fingerprint density at radius 3 is 2.40 bits per heavy atom. The molecule has 1 saturated heterocycles. The van der Waals surface area contributed by atoms with Gasteiger partial charge in [-0.25, -0.2) is 4.79 Å². The normalized spacial score (nSPS) is 24.1. The van der Waals surface area contributed by atoms with E-state index in [1.165, 1.54) is 0 Å². The summed E-state index contributed by atoms with van der Waals surface area (Å²) in [7, 11) is 0. The van der Waals surface area contributed by atoms with Gasteiger partial charge >= 0.3 is 12.1 Å². The van der Waals surface area contributed by atoms with E-state index in [1.807, 2.05) is 41.5 Å². The van der Waals surface area contributed by atoms with Gasteiger partial charge < -0.3 is 14.2 Å². The van der Waals surface area contributed by atoms with E-state index in [-0.39, 0.29) is 23.5 Å². The lowest BCUT2D eigenvalue weighted by molar-refractivity contribution is -0.150. The third-order valence-electron chi connectivity index (χ3n) is 4.92. The van der Waals surface area contributed by atoms with Crippen LogP contribution in [-0.4, -0.2) is 47.5 Å². The molecule has 0 spiro atoms. The quantitative estimate of drug-likeness (QED) is 0.677. The number of rotatable bonds is 6. The molecule has 1 aliphatic heterocycles. The number of carbonyl (C=O) groups is 2. The van der Waals surface area contributed by atoms with E-state index in [2.05, 4.69) is 0 Å². The minimum absolute atomic E-state index is 0.0251. The molecule has 1 aliphatic carbocycles. The third-order valence-corrected chi connectivity index (χ3v) is 4.92. The molecule has 144 valence electrons. The molecular weight excluding hydrogens is 322 g/mol. The van der Waals surface area contributed by atoms with Crippen molar-refractivity contribution in [3.8, 4) is 0 Å². The van der Waals surface area contributed by atoms with Gasteiger partial charge in [0.2, 0.25) is 0 Å². The Balaban J connectivity index is 1.92. The Hall–Kier alpha value is -1.30. The highest BCUT2D eigenvalue weighted by molar-refractivity contribution is 5.79. The van der Waals surface area contributed by atoms with Gasteiger partial charge in [-0.2, -0.15) is 0 Å². The van der Waals surface area contributed by atoms with Crippen LogP contribution in [0.25, 0.3) is 0 Å². The van der Waals surface area contributed by atoms with Crippen LogP contribution in [-0.2, 0) is 19.0 Å². The van der Waals surface area contributed by atoms with E-state index in [0.717, 1.165) is 32.1 Å². The van der Waals surface area contributed by atoms with Gasteiger partial charge in [-0.15, -0.1) is 0 Å². The van der Waals surface area contributed by atoms with Crippen molar-refractivity contribution in [1.82, 2.24) is 4.90 Å². The molecule has 0 aromatic carbocycles. The van der Waals surface area contributed by atoms with Gasteiger partial charge in [0.25, 0.3) is 0 Å². The van der Waals surface area contributed by atoms with Gasteiger partial charge in [0.1, 0.15) is 11.3 Å². The van der Waals surface area contributed by atoms with E-state index in [9.17, 15) is 9.59 Å².